The lowest BCUT2D eigenvalue weighted by molar-refractivity contribution is 0.536. The molecular formula is C11H11BrFN3S. The van der Waals surface area contributed by atoms with Crippen molar-refractivity contribution in [3.05, 3.63) is 50.6 Å². The molecule has 6 heteroatoms. The largest absolute Gasteiger partial charge is 0.271 e. The summed E-state index contributed by atoms with van der Waals surface area (Å²) < 4.78 is 13.8. The van der Waals surface area contributed by atoms with Crippen LogP contribution < -0.4 is 11.3 Å². The predicted octanol–water partition coefficient (Wildman–Crippen LogP) is 2.79. The van der Waals surface area contributed by atoms with Gasteiger partial charge in [-0.05, 0) is 40.2 Å². The van der Waals surface area contributed by atoms with Crippen molar-refractivity contribution in [3.8, 4) is 0 Å². The lowest BCUT2D eigenvalue weighted by atomic mass is 10.1. The van der Waals surface area contributed by atoms with Gasteiger partial charge in [-0.1, -0.05) is 0 Å². The Labute approximate surface area is 111 Å². The summed E-state index contributed by atoms with van der Waals surface area (Å²) in [6.45, 7) is 0. The average Bonchev–Trinajstić information content (AvgIpc) is 2.73. The number of rotatable bonds is 4. The summed E-state index contributed by atoms with van der Waals surface area (Å²) in [5, 5.41) is 0. The Morgan fingerprint density at radius 3 is 2.76 bits per heavy atom. The summed E-state index contributed by atoms with van der Waals surface area (Å²) in [5.74, 6) is 5.16. The predicted molar refractivity (Wildman–Crippen MR) is 70.0 cm³/mol. The van der Waals surface area contributed by atoms with Gasteiger partial charge in [-0.3, -0.25) is 16.3 Å². The number of hydrazine groups is 1. The van der Waals surface area contributed by atoms with Crippen LogP contribution in [0.3, 0.4) is 0 Å². The molecule has 3 nitrogen and oxygen atoms in total. The number of hydrogen-bond acceptors (Lipinski definition) is 4. The first kappa shape index (κ1) is 12.6. The van der Waals surface area contributed by atoms with E-state index in [1.807, 2.05) is 12.1 Å². The molecular weight excluding hydrogens is 305 g/mol. The van der Waals surface area contributed by atoms with E-state index in [9.17, 15) is 4.39 Å². The van der Waals surface area contributed by atoms with Gasteiger partial charge < -0.3 is 0 Å². The summed E-state index contributed by atoms with van der Waals surface area (Å²) in [5.41, 5.74) is 3.44. The van der Waals surface area contributed by atoms with Crippen LogP contribution in [0.4, 0.5) is 4.39 Å². The zero-order chi connectivity index (χ0) is 12.3. The van der Waals surface area contributed by atoms with Crippen molar-refractivity contribution in [2.24, 2.45) is 5.84 Å². The Morgan fingerprint density at radius 2 is 2.24 bits per heavy atom. The first-order chi connectivity index (χ1) is 8.19. The summed E-state index contributed by atoms with van der Waals surface area (Å²) >= 11 is 5.06. The fourth-order valence-electron chi connectivity index (χ4n) is 1.50. The average molecular weight is 316 g/mol. The Balaban J connectivity index is 2.13. The quantitative estimate of drug-likeness (QED) is 0.674. The van der Waals surface area contributed by atoms with Crippen LogP contribution in [0.2, 0.25) is 0 Å². The van der Waals surface area contributed by atoms with Gasteiger partial charge in [0.05, 0.1) is 21.7 Å². The van der Waals surface area contributed by atoms with Gasteiger partial charge in [-0.15, -0.1) is 11.3 Å². The van der Waals surface area contributed by atoms with E-state index in [0.29, 0.717) is 0 Å². The molecule has 0 saturated heterocycles. The van der Waals surface area contributed by atoms with Crippen LogP contribution in [0.25, 0.3) is 0 Å². The van der Waals surface area contributed by atoms with E-state index in [2.05, 4.69) is 26.3 Å². The van der Waals surface area contributed by atoms with E-state index in [4.69, 9.17) is 5.84 Å². The third-order valence-corrected chi connectivity index (χ3v) is 3.99. The molecule has 0 fully saturated rings. The number of pyridine rings is 1. The van der Waals surface area contributed by atoms with Crippen molar-refractivity contribution in [2.45, 2.75) is 12.5 Å². The Hall–Kier alpha value is -0.820. The molecule has 0 aliphatic rings. The van der Waals surface area contributed by atoms with Crippen molar-refractivity contribution in [3.63, 3.8) is 0 Å². The normalized spacial score (nSPS) is 12.6. The number of halogens is 2. The third kappa shape index (κ3) is 3.32. The van der Waals surface area contributed by atoms with Crippen LogP contribution in [0.1, 0.15) is 16.6 Å². The summed E-state index contributed by atoms with van der Waals surface area (Å²) in [6, 6.07) is 6.94. The van der Waals surface area contributed by atoms with Gasteiger partial charge in [0.2, 0.25) is 0 Å². The maximum Gasteiger partial charge on any atom is 0.141 e. The van der Waals surface area contributed by atoms with Crippen LogP contribution >= 0.6 is 27.3 Å². The van der Waals surface area contributed by atoms with Crippen molar-refractivity contribution < 1.29 is 4.39 Å². The topological polar surface area (TPSA) is 50.9 Å². The minimum atomic E-state index is -0.344. The highest BCUT2D eigenvalue weighted by atomic mass is 79.9. The van der Waals surface area contributed by atoms with Crippen LogP contribution in [0.15, 0.2) is 34.2 Å². The molecule has 1 unspecified atom stereocenters. The highest BCUT2D eigenvalue weighted by Gasteiger charge is 2.13. The smallest absolute Gasteiger partial charge is 0.141 e. The van der Waals surface area contributed by atoms with E-state index >= 15 is 0 Å². The Kier molecular flexibility index (Phi) is 4.22. The number of nitrogens with zero attached hydrogens (tertiary/aromatic N) is 1. The maximum absolute atomic E-state index is 12.8. The number of aromatic nitrogens is 1. The van der Waals surface area contributed by atoms with Crippen molar-refractivity contribution in [1.29, 1.82) is 0 Å². The number of nitrogens with one attached hydrogen (secondary N) is 1. The van der Waals surface area contributed by atoms with Gasteiger partial charge >= 0.3 is 0 Å². The molecule has 0 radical (unpaired) electrons. The maximum atomic E-state index is 12.8. The first-order valence-electron chi connectivity index (χ1n) is 5.01. The summed E-state index contributed by atoms with van der Waals surface area (Å²) in [6.07, 6.45) is 1.93. The Bertz CT molecular complexity index is 486. The molecule has 2 aromatic heterocycles. The standard InChI is InChI=1S/C11H11BrFN3S/c12-11-4-2-8(17-11)5-10(16-14)9-3-1-7(13)6-15-9/h1-4,6,10,16H,5,14H2. The monoisotopic (exact) mass is 315 g/mol. The van der Waals surface area contributed by atoms with Gasteiger partial charge in [0.25, 0.3) is 0 Å². The lowest BCUT2D eigenvalue weighted by Crippen LogP contribution is -2.30. The highest BCUT2D eigenvalue weighted by Crippen LogP contribution is 2.26. The fraction of sp³-hybridized carbons (Fsp3) is 0.182. The molecule has 0 spiro atoms. The van der Waals surface area contributed by atoms with Crippen molar-refractivity contribution >= 4 is 27.3 Å². The second-order valence-corrected chi connectivity index (χ2v) is 6.08. The highest BCUT2D eigenvalue weighted by molar-refractivity contribution is 9.11. The third-order valence-electron chi connectivity index (χ3n) is 2.34. The number of thiophene rings is 1. The molecule has 3 N–H and O–H groups in total. The van der Waals surface area contributed by atoms with E-state index in [-0.39, 0.29) is 11.9 Å². The number of nitrogens with two attached hydrogens (primary N) is 1. The summed E-state index contributed by atoms with van der Waals surface area (Å²) in [7, 11) is 0. The van der Waals surface area contributed by atoms with Crippen LogP contribution in [0.5, 0.6) is 0 Å². The van der Waals surface area contributed by atoms with Crippen LogP contribution in [-0.2, 0) is 6.42 Å². The van der Waals surface area contributed by atoms with Crippen molar-refractivity contribution in [2.75, 3.05) is 0 Å². The second kappa shape index (κ2) is 5.68. The molecule has 0 aliphatic carbocycles. The molecule has 0 amide bonds. The number of hydrogen-bond donors (Lipinski definition) is 2. The van der Waals surface area contributed by atoms with E-state index < -0.39 is 0 Å². The molecule has 2 aromatic rings. The van der Waals surface area contributed by atoms with Gasteiger partial charge in [0.1, 0.15) is 5.82 Å². The molecule has 0 aromatic carbocycles. The molecule has 90 valence electrons. The SMILES string of the molecule is NNC(Cc1ccc(Br)s1)c1ccc(F)cn1. The molecule has 0 aliphatic heterocycles. The minimum absolute atomic E-state index is 0.110. The fourth-order valence-corrected chi connectivity index (χ4v) is 3.03. The van der Waals surface area contributed by atoms with Gasteiger partial charge in [0, 0.05) is 11.3 Å². The molecule has 2 heterocycles. The molecule has 1 atom stereocenters. The molecule has 17 heavy (non-hydrogen) atoms. The van der Waals surface area contributed by atoms with E-state index in [1.165, 1.54) is 17.1 Å². The zero-order valence-electron chi connectivity index (χ0n) is 8.86. The van der Waals surface area contributed by atoms with Crippen LogP contribution in [0, 0.1) is 5.82 Å². The molecule has 0 bridgehead atoms. The van der Waals surface area contributed by atoms with Crippen molar-refractivity contribution in [1.82, 2.24) is 10.4 Å². The lowest BCUT2D eigenvalue weighted by Gasteiger charge is -2.14. The van der Waals surface area contributed by atoms with Gasteiger partial charge in [-0.25, -0.2) is 4.39 Å². The van der Waals surface area contributed by atoms with E-state index in [0.717, 1.165) is 15.9 Å². The Morgan fingerprint density at radius 1 is 1.41 bits per heavy atom. The minimum Gasteiger partial charge on any atom is -0.271 e. The van der Waals surface area contributed by atoms with Crippen LogP contribution in [-0.4, -0.2) is 4.98 Å². The molecule has 2 rings (SSSR count). The second-order valence-electron chi connectivity index (χ2n) is 3.53. The first-order valence-corrected chi connectivity index (χ1v) is 6.62. The van der Waals surface area contributed by atoms with Gasteiger partial charge in [-0.2, -0.15) is 0 Å². The van der Waals surface area contributed by atoms with Gasteiger partial charge in [0.15, 0.2) is 0 Å². The molecule has 0 saturated carbocycles. The van der Waals surface area contributed by atoms with E-state index in [1.54, 1.807) is 17.4 Å². The zero-order valence-corrected chi connectivity index (χ0v) is 11.3. The summed E-state index contributed by atoms with van der Waals surface area (Å²) in [4.78, 5) is 5.21.